The predicted octanol–water partition coefficient (Wildman–Crippen LogP) is 0.241. The molecule has 17 heavy (non-hydrogen) atoms. The van der Waals surface area contributed by atoms with Crippen molar-refractivity contribution in [2.45, 2.75) is 51.6 Å². The minimum atomic E-state index is -0.300. The van der Waals surface area contributed by atoms with Crippen molar-refractivity contribution < 1.29 is 9.59 Å². The summed E-state index contributed by atoms with van der Waals surface area (Å²) in [4.78, 5) is 24.6. The van der Waals surface area contributed by atoms with Crippen molar-refractivity contribution >= 4 is 11.8 Å². The van der Waals surface area contributed by atoms with Gasteiger partial charge in [0.1, 0.15) is 0 Å². The van der Waals surface area contributed by atoms with Gasteiger partial charge in [-0.15, -0.1) is 0 Å². The number of carbonyl (C=O) groups excluding carboxylic acids is 2. The van der Waals surface area contributed by atoms with Crippen molar-refractivity contribution in [2.75, 3.05) is 13.1 Å². The Bertz CT molecular complexity index is 279. The Kier molecular flexibility index (Phi) is 5.41. The Hall–Kier alpha value is -1.10. The number of hydrogen-bond acceptors (Lipinski definition) is 3. The molecular formula is C12H23N3O2. The van der Waals surface area contributed by atoms with Crippen molar-refractivity contribution in [3.05, 3.63) is 0 Å². The van der Waals surface area contributed by atoms with Gasteiger partial charge in [0.2, 0.25) is 11.8 Å². The van der Waals surface area contributed by atoms with E-state index in [0.717, 1.165) is 19.4 Å². The second-order valence-electron chi connectivity index (χ2n) is 4.91. The first-order valence-corrected chi connectivity index (χ1v) is 6.34. The zero-order chi connectivity index (χ0) is 12.8. The minimum Gasteiger partial charge on any atom is -0.370 e. The molecule has 0 aromatic heterocycles. The van der Waals surface area contributed by atoms with Gasteiger partial charge in [-0.2, -0.15) is 0 Å². The van der Waals surface area contributed by atoms with Gasteiger partial charge in [-0.05, 0) is 19.3 Å². The Morgan fingerprint density at radius 2 is 2.29 bits per heavy atom. The van der Waals surface area contributed by atoms with Crippen molar-refractivity contribution in [1.82, 2.24) is 10.2 Å². The lowest BCUT2D eigenvalue weighted by atomic mass is 10.0. The van der Waals surface area contributed by atoms with Crippen LogP contribution in [0.3, 0.4) is 0 Å². The number of nitrogens with two attached hydrogens (primary N) is 1. The van der Waals surface area contributed by atoms with Crippen LogP contribution in [-0.2, 0) is 9.59 Å². The second kappa shape index (κ2) is 6.59. The summed E-state index contributed by atoms with van der Waals surface area (Å²) in [5, 5.41) is 3.28. The summed E-state index contributed by atoms with van der Waals surface area (Å²) in [5.41, 5.74) is 5.08. The first kappa shape index (κ1) is 14.0. The van der Waals surface area contributed by atoms with E-state index in [-0.39, 0.29) is 17.9 Å². The first-order valence-electron chi connectivity index (χ1n) is 6.34. The van der Waals surface area contributed by atoms with Crippen molar-refractivity contribution in [3.8, 4) is 0 Å². The van der Waals surface area contributed by atoms with Gasteiger partial charge in [0, 0.05) is 25.6 Å². The molecule has 1 heterocycles. The average Bonchev–Trinajstić information content (AvgIpc) is 2.22. The molecule has 0 saturated carbocycles. The Morgan fingerprint density at radius 1 is 1.59 bits per heavy atom. The molecular weight excluding hydrogens is 218 g/mol. The zero-order valence-electron chi connectivity index (χ0n) is 10.7. The maximum atomic E-state index is 12.1. The van der Waals surface area contributed by atoms with Crippen molar-refractivity contribution in [3.63, 3.8) is 0 Å². The minimum absolute atomic E-state index is 0.0580. The fourth-order valence-electron chi connectivity index (χ4n) is 2.16. The van der Waals surface area contributed by atoms with Gasteiger partial charge in [0.15, 0.2) is 0 Å². The Balaban J connectivity index is 2.39. The highest BCUT2D eigenvalue weighted by Gasteiger charge is 2.28. The third-order valence-corrected chi connectivity index (χ3v) is 2.92. The number of hydrogen-bond donors (Lipinski definition) is 2. The third-order valence-electron chi connectivity index (χ3n) is 2.92. The van der Waals surface area contributed by atoms with E-state index in [4.69, 9.17) is 5.73 Å². The maximum Gasteiger partial charge on any atom is 0.239 e. The number of carbonyl (C=O) groups is 2. The number of likely N-dealkylation sites (tertiary alicyclic amines) is 1. The van der Waals surface area contributed by atoms with E-state index in [1.807, 2.05) is 18.7 Å². The standard InChI is InChI=1S/C12H23N3O2/c1-9(2)14-10-5-3-7-15(12(10)17)8-4-6-11(13)16/h9-10,14H,3-8H2,1-2H3,(H2,13,16). The molecule has 1 saturated heterocycles. The molecule has 0 aromatic carbocycles. The average molecular weight is 241 g/mol. The second-order valence-corrected chi connectivity index (χ2v) is 4.91. The smallest absolute Gasteiger partial charge is 0.239 e. The lowest BCUT2D eigenvalue weighted by Crippen LogP contribution is -2.52. The first-order chi connectivity index (χ1) is 8.00. The predicted molar refractivity (Wildman–Crippen MR) is 66.3 cm³/mol. The van der Waals surface area contributed by atoms with E-state index in [0.29, 0.717) is 25.4 Å². The largest absolute Gasteiger partial charge is 0.370 e. The van der Waals surface area contributed by atoms with Gasteiger partial charge in [0.25, 0.3) is 0 Å². The zero-order valence-corrected chi connectivity index (χ0v) is 10.7. The summed E-state index contributed by atoms with van der Waals surface area (Å²) < 4.78 is 0. The van der Waals surface area contributed by atoms with Crippen LogP contribution in [0, 0.1) is 0 Å². The summed E-state index contributed by atoms with van der Waals surface area (Å²) in [7, 11) is 0. The molecule has 0 spiro atoms. The summed E-state index contributed by atoms with van der Waals surface area (Å²) >= 11 is 0. The van der Waals surface area contributed by atoms with Crippen LogP contribution in [0.4, 0.5) is 0 Å². The van der Waals surface area contributed by atoms with Crippen LogP contribution in [0.2, 0.25) is 0 Å². The van der Waals surface area contributed by atoms with Crippen LogP contribution in [0.15, 0.2) is 0 Å². The van der Waals surface area contributed by atoms with E-state index in [1.54, 1.807) is 0 Å². The highest BCUT2D eigenvalue weighted by Crippen LogP contribution is 2.13. The molecule has 5 nitrogen and oxygen atoms in total. The highest BCUT2D eigenvalue weighted by molar-refractivity contribution is 5.82. The molecule has 3 N–H and O–H groups in total. The molecule has 0 aromatic rings. The Labute approximate surface area is 103 Å². The normalized spacial score (nSPS) is 21.0. The fourth-order valence-corrected chi connectivity index (χ4v) is 2.16. The van der Waals surface area contributed by atoms with Crippen LogP contribution in [-0.4, -0.2) is 41.9 Å². The van der Waals surface area contributed by atoms with Gasteiger partial charge in [-0.25, -0.2) is 0 Å². The fraction of sp³-hybridized carbons (Fsp3) is 0.833. The van der Waals surface area contributed by atoms with Gasteiger partial charge >= 0.3 is 0 Å². The summed E-state index contributed by atoms with van der Waals surface area (Å²) in [6, 6.07) is 0.256. The Morgan fingerprint density at radius 3 is 2.88 bits per heavy atom. The molecule has 0 radical (unpaired) electrons. The molecule has 5 heteroatoms. The van der Waals surface area contributed by atoms with Crippen molar-refractivity contribution in [1.29, 1.82) is 0 Å². The summed E-state index contributed by atoms with van der Waals surface area (Å²) in [5.74, 6) is -0.138. The van der Waals surface area contributed by atoms with E-state index in [2.05, 4.69) is 5.32 Å². The van der Waals surface area contributed by atoms with Gasteiger partial charge in [-0.3, -0.25) is 9.59 Å². The summed E-state index contributed by atoms with van der Waals surface area (Å²) in [6.45, 7) is 5.52. The topological polar surface area (TPSA) is 75.4 Å². The summed E-state index contributed by atoms with van der Waals surface area (Å²) in [6.07, 6.45) is 2.94. The number of nitrogens with zero attached hydrogens (tertiary/aromatic N) is 1. The van der Waals surface area contributed by atoms with Gasteiger partial charge in [-0.1, -0.05) is 13.8 Å². The molecule has 1 unspecified atom stereocenters. The van der Waals surface area contributed by atoms with Crippen LogP contribution in [0.25, 0.3) is 0 Å². The SMILES string of the molecule is CC(C)NC1CCCN(CCCC(N)=O)C1=O. The molecule has 98 valence electrons. The molecule has 0 bridgehead atoms. The van der Waals surface area contributed by atoms with Crippen LogP contribution in [0.5, 0.6) is 0 Å². The van der Waals surface area contributed by atoms with E-state index in [9.17, 15) is 9.59 Å². The van der Waals surface area contributed by atoms with Gasteiger partial charge < -0.3 is 16.0 Å². The highest BCUT2D eigenvalue weighted by atomic mass is 16.2. The molecule has 1 aliphatic rings. The molecule has 1 fully saturated rings. The van der Waals surface area contributed by atoms with Gasteiger partial charge in [0.05, 0.1) is 6.04 Å². The monoisotopic (exact) mass is 241 g/mol. The van der Waals surface area contributed by atoms with E-state index < -0.39 is 0 Å². The number of amides is 2. The molecule has 1 atom stereocenters. The lowest BCUT2D eigenvalue weighted by molar-refractivity contribution is -0.136. The molecule has 2 amide bonds. The van der Waals surface area contributed by atoms with Crippen molar-refractivity contribution in [2.24, 2.45) is 5.73 Å². The quantitative estimate of drug-likeness (QED) is 0.699. The van der Waals surface area contributed by atoms with E-state index >= 15 is 0 Å². The molecule has 1 aliphatic heterocycles. The molecule has 0 aliphatic carbocycles. The van der Waals surface area contributed by atoms with Crippen LogP contribution in [0.1, 0.15) is 39.5 Å². The lowest BCUT2D eigenvalue weighted by Gasteiger charge is -2.33. The molecule has 1 rings (SSSR count). The number of nitrogens with one attached hydrogen (secondary N) is 1. The number of rotatable bonds is 6. The van der Waals surface area contributed by atoms with E-state index in [1.165, 1.54) is 0 Å². The van der Waals surface area contributed by atoms with Crippen LogP contribution < -0.4 is 11.1 Å². The number of piperidine rings is 1. The maximum absolute atomic E-state index is 12.1. The third kappa shape index (κ3) is 4.73. The van der Waals surface area contributed by atoms with Crippen LogP contribution >= 0.6 is 0 Å². The number of primary amides is 1.